The highest BCUT2D eigenvalue weighted by Crippen LogP contribution is 2.27. The third-order valence-corrected chi connectivity index (χ3v) is 4.32. The van der Waals surface area contributed by atoms with E-state index in [9.17, 15) is 9.59 Å². The molecule has 1 aromatic carbocycles. The first-order valence-electron chi connectivity index (χ1n) is 5.93. The normalized spacial score (nSPS) is 22.6. The molecular weight excluding hydrogens is 332 g/mol. The van der Waals surface area contributed by atoms with Crippen LogP contribution in [0.4, 0.5) is 0 Å². The minimum atomic E-state index is -0.349. The van der Waals surface area contributed by atoms with Gasteiger partial charge >= 0.3 is 0 Å². The highest BCUT2D eigenvalue weighted by Gasteiger charge is 2.36. The van der Waals surface area contributed by atoms with E-state index in [4.69, 9.17) is 17.3 Å². The van der Waals surface area contributed by atoms with Crippen LogP contribution in [0.15, 0.2) is 22.7 Å². The quantitative estimate of drug-likeness (QED) is 0.894. The van der Waals surface area contributed by atoms with E-state index < -0.39 is 0 Å². The lowest BCUT2D eigenvalue weighted by atomic mass is 9.98. The number of likely N-dealkylation sites (tertiary alicyclic amines) is 1. The summed E-state index contributed by atoms with van der Waals surface area (Å²) >= 11 is 9.18. The molecule has 0 aliphatic carbocycles. The zero-order valence-electron chi connectivity index (χ0n) is 10.4. The predicted molar refractivity (Wildman–Crippen MR) is 76.9 cm³/mol. The molecule has 0 aromatic heterocycles. The SMILES string of the molecule is C[C@@H]1CN(C(=O)c2ccc(Cl)cc2Br)C[C@H]1C(N)=O. The second-order valence-electron chi connectivity index (χ2n) is 4.82. The van der Waals surface area contributed by atoms with Crippen LogP contribution in [0.5, 0.6) is 0 Å². The Hall–Kier alpha value is -1.07. The molecule has 4 nitrogen and oxygen atoms in total. The minimum Gasteiger partial charge on any atom is -0.369 e. The summed E-state index contributed by atoms with van der Waals surface area (Å²) in [7, 11) is 0. The lowest BCUT2D eigenvalue weighted by Crippen LogP contribution is -2.32. The van der Waals surface area contributed by atoms with Crippen molar-refractivity contribution >= 4 is 39.3 Å². The molecule has 1 aliphatic heterocycles. The van der Waals surface area contributed by atoms with Crippen LogP contribution in [0, 0.1) is 11.8 Å². The first-order chi connectivity index (χ1) is 8.90. The van der Waals surface area contributed by atoms with E-state index >= 15 is 0 Å². The Balaban J connectivity index is 2.19. The van der Waals surface area contributed by atoms with Crippen molar-refractivity contribution in [2.75, 3.05) is 13.1 Å². The highest BCUT2D eigenvalue weighted by atomic mass is 79.9. The molecule has 0 unspecified atom stereocenters. The number of primary amides is 1. The molecule has 0 saturated carbocycles. The molecule has 1 saturated heterocycles. The van der Waals surface area contributed by atoms with Gasteiger partial charge in [-0.25, -0.2) is 0 Å². The van der Waals surface area contributed by atoms with E-state index in [0.29, 0.717) is 28.1 Å². The molecule has 1 aliphatic rings. The summed E-state index contributed by atoms with van der Waals surface area (Å²) in [5, 5.41) is 0.563. The fourth-order valence-corrected chi connectivity index (χ4v) is 3.19. The lowest BCUT2D eigenvalue weighted by Gasteiger charge is -2.17. The standard InChI is InChI=1S/C13H14BrClN2O2/c1-7-5-17(6-10(7)12(16)18)13(19)9-3-2-8(15)4-11(9)14/h2-4,7,10H,5-6H2,1H3,(H2,16,18)/t7-,10-/m1/s1. The van der Waals surface area contributed by atoms with Crippen molar-refractivity contribution < 1.29 is 9.59 Å². The number of carbonyl (C=O) groups is 2. The van der Waals surface area contributed by atoms with Gasteiger partial charge in [0.1, 0.15) is 0 Å². The van der Waals surface area contributed by atoms with E-state index in [1.54, 1.807) is 23.1 Å². The molecule has 1 fully saturated rings. The lowest BCUT2D eigenvalue weighted by molar-refractivity contribution is -0.122. The molecule has 1 heterocycles. The average Bonchev–Trinajstić information content (AvgIpc) is 2.70. The van der Waals surface area contributed by atoms with Crippen molar-refractivity contribution in [1.29, 1.82) is 0 Å². The van der Waals surface area contributed by atoms with E-state index in [2.05, 4.69) is 15.9 Å². The topological polar surface area (TPSA) is 63.4 Å². The number of nitrogens with two attached hydrogens (primary N) is 1. The Bertz CT molecular complexity index is 535. The van der Waals surface area contributed by atoms with Crippen LogP contribution in [0.3, 0.4) is 0 Å². The molecule has 0 radical (unpaired) electrons. The predicted octanol–water partition coefficient (Wildman–Crippen LogP) is 2.30. The Kier molecular flexibility index (Phi) is 4.16. The van der Waals surface area contributed by atoms with Crippen LogP contribution in [-0.2, 0) is 4.79 Å². The van der Waals surface area contributed by atoms with Gasteiger partial charge in [0.2, 0.25) is 5.91 Å². The number of hydrogen-bond donors (Lipinski definition) is 1. The summed E-state index contributed by atoms with van der Waals surface area (Å²) in [5.41, 5.74) is 5.88. The van der Waals surface area contributed by atoms with E-state index in [1.165, 1.54) is 0 Å². The first kappa shape index (κ1) is 14.3. The molecule has 1 aromatic rings. The summed E-state index contributed by atoms with van der Waals surface area (Å²) in [6.45, 7) is 2.85. The summed E-state index contributed by atoms with van der Waals surface area (Å²) in [6, 6.07) is 5.03. The van der Waals surface area contributed by atoms with Crippen molar-refractivity contribution in [2.45, 2.75) is 6.92 Å². The molecule has 19 heavy (non-hydrogen) atoms. The third-order valence-electron chi connectivity index (χ3n) is 3.43. The van der Waals surface area contributed by atoms with Gasteiger partial charge in [-0.05, 0) is 40.0 Å². The van der Waals surface area contributed by atoms with Crippen molar-refractivity contribution in [3.05, 3.63) is 33.3 Å². The number of carbonyl (C=O) groups excluding carboxylic acids is 2. The first-order valence-corrected chi connectivity index (χ1v) is 7.11. The van der Waals surface area contributed by atoms with Crippen LogP contribution >= 0.6 is 27.5 Å². The summed E-state index contributed by atoms with van der Waals surface area (Å²) < 4.78 is 0.653. The van der Waals surface area contributed by atoms with Crippen molar-refractivity contribution in [1.82, 2.24) is 4.90 Å². The van der Waals surface area contributed by atoms with Gasteiger partial charge in [0.15, 0.2) is 0 Å². The van der Waals surface area contributed by atoms with Gasteiger partial charge in [0.05, 0.1) is 11.5 Å². The van der Waals surface area contributed by atoms with E-state index in [1.807, 2.05) is 6.92 Å². The van der Waals surface area contributed by atoms with Gasteiger partial charge in [-0.2, -0.15) is 0 Å². The van der Waals surface area contributed by atoms with E-state index in [0.717, 1.165) is 0 Å². The van der Waals surface area contributed by atoms with Crippen molar-refractivity contribution in [3.63, 3.8) is 0 Å². The minimum absolute atomic E-state index is 0.0903. The molecule has 2 amide bonds. The fourth-order valence-electron chi connectivity index (χ4n) is 2.34. The Labute approximate surface area is 125 Å². The number of halogens is 2. The Morgan fingerprint density at radius 3 is 2.63 bits per heavy atom. The second kappa shape index (κ2) is 5.51. The number of rotatable bonds is 2. The van der Waals surface area contributed by atoms with Crippen LogP contribution in [0.25, 0.3) is 0 Å². The van der Waals surface area contributed by atoms with Crippen LogP contribution in [-0.4, -0.2) is 29.8 Å². The number of benzene rings is 1. The molecule has 2 N–H and O–H groups in total. The van der Waals surface area contributed by atoms with Gasteiger partial charge in [-0.3, -0.25) is 9.59 Å². The monoisotopic (exact) mass is 344 g/mol. The summed E-state index contributed by atoms with van der Waals surface area (Å²) in [6.07, 6.45) is 0. The Morgan fingerprint density at radius 1 is 1.42 bits per heavy atom. The molecule has 6 heteroatoms. The zero-order valence-corrected chi connectivity index (χ0v) is 12.7. The van der Waals surface area contributed by atoms with Gasteiger partial charge in [0.25, 0.3) is 5.91 Å². The number of nitrogens with zero attached hydrogens (tertiary/aromatic N) is 1. The average molecular weight is 346 g/mol. The molecule has 2 atom stereocenters. The van der Waals surface area contributed by atoms with Gasteiger partial charge in [0, 0.05) is 22.6 Å². The third kappa shape index (κ3) is 2.92. The zero-order chi connectivity index (χ0) is 14.2. The maximum atomic E-state index is 12.4. The van der Waals surface area contributed by atoms with Gasteiger partial charge in [-0.1, -0.05) is 18.5 Å². The van der Waals surface area contributed by atoms with Crippen LogP contribution in [0.2, 0.25) is 5.02 Å². The highest BCUT2D eigenvalue weighted by molar-refractivity contribution is 9.10. The largest absolute Gasteiger partial charge is 0.369 e. The van der Waals surface area contributed by atoms with Crippen LogP contribution in [0.1, 0.15) is 17.3 Å². The smallest absolute Gasteiger partial charge is 0.255 e. The van der Waals surface area contributed by atoms with Crippen molar-refractivity contribution in [2.24, 2.45) is 17.6 Å². The van der Waals surface area contributed by atoms with Crippen molar-refractivity contribution in [3.8, 4) is 0 Å². The van der Waals surface area contributed by atoms with Gasteiger partial charge in [-0.15, -0.1) is 0 Å². The molecular formula is C13H14BrClN2O2. The summed E-state index contributed by atoms with van der Waals surface area (Å²) in [4.78, 5) is 25.3. The Morgan fingerprint density at radius 2 is 2.11 bits per heavy atom. The van der Waals surface area contributed by atoms with E-state index in [-0.39, 0.29) is 23.7 Å². The number of hydrogen-bond acceptors (Lipinski definition) is 2. The maximum absolute atomic E-state index is 12.4. The van der Waals surface area contributed by atoms with Gasteiger partial charge < -0.3 is 10.6 Å². The fraction of sp³-hybridized carbons (Fsp3) is 0.385. The number of amides is 2. The van der Waals surface area contributed by atoms with Crippen LogP contribution < -0.4 is 5.73 Å². The molecule has 2 rings (SSSR count). The summed E-state index contributed by atoms with van der Waals surface area (Å²) in [5.74, 6) is -0.639. The molecule has 0 bridgehead atoms. The maximum Gasteiger partial charge on any atom is 0.255 e. The second-order valence-corrected chi connectivity index (χ2v) is 6.11. The molecule has 0 spiro atoms. The molecule has 102 valence electrons.